The van der Waals surface area contributed by atoms with Gasteiger partial charge in [-0.1, -0.05) is 6.07 Å². The molecule has 4 unspecified atom stereocenters. The molecule has 8 nitrogen and oxygen atoms in total. The van der Waals surface area contributed by atoms with Gasteiger partial charge < -0.3 is 24.8 Å². The van der Waals surface area contributed by atoms with Crippen molar-refractivity contribution < 1.29 is 13.5 Å². The molecule has 2 aromatic heterocycles. The highest BCUT2D eigenvalue weighted by molar-refractivity contribution is 5.79. The van der Waals surface area contributed by atoms with E-state index in [0.29, 0.717) is 23.7 Å². The molecule has 2 aromatic carbocycles. The molecule has 2 aliphatic heterocycles. The summed E-state index contributed by atoms with van der Waals surface area (Å²) < 4.78 is 35.9. The van der Waals surface area contributed by atoms with Crippen molar-refractivity contribution in [2.45, 2.75) is 58.9 Å². The summed E-state index contributed by atoms with van der Waals surface area (Å²) >= 11 is 0. The predicted octanol–water partition coefficient (Wildman–Crippen LogP) is 5.39. The molecular formula is C31H37F2N7O. The third kappa shape index (κ3) is 5.77. The zero-order valence-electron chi connectivity index (χ0n) is 23.9. The summed E-state index contributed by atoms with van der Waals surface area (Å²) in [5.41, 5.74) is 6.46. The molecule has 2 aliphatic rings. The highest BCUT2D eigenvalue weighted by Crippen LogP contribution is 2.30. The van der Waals surface area contributed by atoms with Crippen LogP contribution < -0.4 is 15.5 Å². The fourth-order valence-electron chi connectivity index (χ4n) is 6.02. The van der Waals surface area contributed by atoms with Crippen molar-refractivity contribution in [3.05, 3.63) is 71.5 Å². The number of hydrogen-bond donors (Lipinski definition) is 2. The Hall–Kier alpha value is -3.60. The number of nitrogens with zero attached hydrogens (tertiary/aromatic N) is 5. The van der Waals surface area contributed by atoms with E-state index in [0.717, 1.165) is 52.5 Å². The van der Waals surface area contributed by atoms with Crippen molar-refractivity contribution in [3.63, 3.8) is 0 Å². The van der Waals surface area contributed by atoms with Gasteiger partial charge in [-0.25, -0.2) is 13.8 Å². The lowest BCUT2D eigenvalue weighted by molar-refractivity contribution is -0.00983. The monoisotopic (exact) mass is 561 g/mol. The molecule has 4 aromatic rings. The molecule has 0 radical (unpaired) electrons. The Labute approximate surface area is 239 Å². The van der Waals surface area contributed by atoms with Gasteiger partial charge >= 0.3 is 0 Å². The summed E-state index contributed by atoms with van der Waals surface area (Å²) in [4.78, 5) is 13.0. The largest absolute Gasteiger partial charge is 0.371 e. The topological polar surface area (TPSA) is 70.5 Å². The number of piperazine rings is 1. The van der Waals surface area contributed by atoms with E-state index >= 15 is 0 Å². The van der Waals surface area contributed by atoms with Gasteiger partial charge in [-0.2, -0.15) is 4.98 Å². The molecule has 0 bridgehead atoms. The van der Waals surface area contributed by atoms with Crippen LogP contribution in [-0.2, 0) is 11.3 Å². The number of fused-ring (bicyclic) bond motifs is 1. The maximum absolute atomic E-state index is 14.4. The predicted molar refractivity (Wildman–Crippen MR) is 158 cm³/mol. The Balaban J connectivity index is 1.24. The van der Waals surface area contributed by atoms with Gasteiger partial charge in [0.05, 0.1) is 18.9 Å². The fourth-order valence-corrected chi connectivity index (χ4v) is 6.02. The number of anilines is 3. The molecule has 4 atom stereocenters. The lowest BCUT2D eigenvalue weighted by atomic mass is 10.1. The highest BCUT2D eigenvalue weighted by Gasteiger charge is 2.31. The Morgan fingerprint density at radius 3 is 2.46 bits per heavy atom. The van der Waals surface area contributed by atoms with Crippen molar-refractivity contribution in [2.24, 2.45) is 0 Å². The molecule has 10 heteroatoms. The smallest absolute Gasteiger partial charge is 0.229 e. The first-order valence-electron chi connectivity index (χ1n) is 14.2. The van der Waals surface area contributed by atoms with E-state index in [1.54, 1.807) is 18.3 Å². The number of alkyl halides is 2. The molecule has 2 saturated heterocycles. The van der Waals surface area contributed by atoms with Crippen LogP contribution in [0, 0.1) is 13.8 Å². The lowest BCUT2D eigenvalue weighted by Gasteiger charge is -2.36. The minimum atomic E-state index is -1.52. The normalized spacial score (nSPS) is 23.7. The Morgan fingerprint density at radius 1 is 0.976 bits per heavy atom. The van der Waals surface area contributed by atoms with Gasteiger partial charge in [0.25, 0.3) is 0 Å². The molecule has 2 fully saturated rings. The Morgan fingerprint density at radius 2 is 1.73 bits per heavy atom. The van der Waals surface area contributed by atoms with Crippen molar-refractivity contribution in [1.29, 1.82) is 0 Å². The molecule has 0 amide bonds. The van der Waals surface area contributed by atoms with Crippen molar-refractivity contribution in [2.75, 3.05) is 36.5 Å². The molecule has 0 saturated carbocycles. The first-order valence-corrected chi connectivity index (χ1v) is 14.2. The third-order valence-corrected chi connectivity index (χ3v) is 7.91. The number of halogens is 2. The zero-order chi connectivity index (χ0) is 28.7. The van der Waals surface area contributed by atoms with E-state index in [9.17, 15) is 8.78 Å². The van der Waals surface area contributed by atoms with Crippen LogP contribution in [0.15, 0.2) is 54.9 Å². The number of hydrogen-bond acceptors (Lipinski definition) is 7. The molecular weight excluding hydrogens is 524 g/mol. The lowest BCUT2D eigenvalue weighted by Crippen LogP contribution is -2.53. The van der Waals surface area contributed by atoms with E-state index in [1.807, 2.05) is 29.8 Å². The van der Waals surface area contributed by atoms with Gasteiger partial charge in [0, 0.05) is 60.9 Å². The molecule has 0 spiro atoms. The first-order chi connectivity index (χ1) is 19.7. The van der Waals surface area contributed by atoms with E-state index in [1.165, 1.54) is 11.1 Å². The van der Waals surface area contributed by atoms with Crippen LogP contribution >= 0.6 is 0 Å². The average molecular weight is 562 g/mol. The van der Waals surface area contributed by atoms with Crippen LogP contribution in [0.4, 0.5) is 26.1 Å². The van der Waals surface area contributed by atoms with Gasteiger partial charge in [0.15, 0.2) is 12.6 Å². The maximum Gasteiger partial charge on any atom is 0.229 e. The summed E-state index contributed by atoms with van der Waals surface area (Å²) in [7, 11) is 0. The summed E-state index contributed by atoms with van der Waals surface area (Å²) in [6, 6.07) is 14.7. The number of nitrogens with one attached hydrogen (secondary N) is 2. The van der Waals surface area contributed by atoms with Gasteiger partial charge in [-0.05, 0) is 80.8 Å². The highest BCUT2D eigenvalue weighted by atomic mass is 19.2. The minimum Gasteiger partial charge on any atom is -0.371 e. The first kappa shape index (κ1) is 27.6. The SMILES string of the molecule is Cc1ccc(Nc2ncc3ccn(-c4ccc(N5C(F)COCC5F)cc4C)c3n2)cc1CN1CC(C)NC(C)C1. The molecule has 2 N–H and O–H groups in total. The number of aromatic nitrogens is 3. The number of aryl methyl sites for hydroxylation is 2. The summed E-state index contributed by atoms with van der Waals surface area (Å²) in [5.74, 6) is 0.500. The molecule has 216 valence electrons. The Bertz CT molecular complexity index is 1520. The number of rotatable bonds is 6. The fraction of sp³-hybridized carbons (Fsp3) is 0.419. The Kier molecular flexibility index (Phi) is 7.63. The molecule has 0 aliphatic carbocycles. The van der Waals surface area contributed by atoms with E-state index in [-0.39, 0.29) is 13.2 Å². The number of morpholine rings is 1. The van der Waals surface area contributed by atoms with Crippen LogP contribution in [0.5, 0.6) is 0 Å². The van der Waals surface area contributed by atoms with Gasteiger partial charge in [0.2, 0.25) is 5.95 Å². The minimum absolute atomic E-state index is 0.146. The van der Waals surface area contributed by atoms with Gasteiger partial charge in [-0.3, -0.25) is 4.90 Å². The summed E-state index contributed by atoms with van der Waals surface area (Å²) in [5, 5.41) is 7.89. The summed E-state index contributed by atoms with van der Waals surface area (Å²) in [6.07, 6.45) is 0.696. The van der Waals surface area contributed by atoms with Crippen molar-refractivity contribution in [3.8, 4) is 5.69 Å². The molecule has 4 heterocycles. The molecule has 41 heavy (non-hydrogen) atoms. The summed E-state index contributed by atoms with van der Waals surface area (Å²) in [6.45, 7) is 11.2. The number of benzene rings is 2. The zero-order valence-corrected chi connectivity index (χ0v) is 23.9. The number of ether oxygens (including phenoxy) is 1. The van der Waals surface area contributed by atoms with E-state index < -0.39 is 12.6 Å². The van der Waals surface area contributed by atoms with Crippen LogP contribution in [0.3, 0.4) is 0 Å². The van der Waals surface area contributed by atoms with Crippen molar-refractivity contribution >= 4 is 28.4 Å². The van der Waals surface area contributed by atoms with Crippen LogP contribution in [0.2, 0.25) is 0 Å². The quantitative estimate of drug-likeness (QED) is 0.306. The average Bonchev–Trinajstić information content (AvgIpc) is 3.33. The second-order valence-electron chi connectivity index (χ2n) is 11.4. The van der Waals surface area contributed by atoms with Crippen LogP contribution in [-0.4, -0.2) is 70.4 Å². The maximum atomic E-state index is 14.4. The van der Waals surface area contributed by atoms with Crippen LogP contribution in [0.25, 0.3) is 16.7 Å². The second-order valence-corrected chi connectivity index (χ2v) is 11.4. The van der Waals surface area contributed by atoms with E-state index in [4.69, 9.17) is 9.72 Å². The standard InChI is InChI=1S/C31H37F2N7O/c1-19-5-6-25(12-24(19)16-38-14-21(3)35-22(4)15-38)36-31-34-13-23-9-10-39(30(23)37-31)27-8-7-26(11-20(27)2)40-28(32)17-41-18-29(40)33/h5-13,21-22,28-29,35H,14-18H2,1-4H3,(H,34,36,37). The molecule has 6 rings (SSSR count). The third-order valence-electron chi connectivity index (χ3n) is 7.91. The van der Waals surface area contributed by atoms with E-state index in [2.05, 4.69) is 59.5 Å². The van der Waals surface area contributed by atoms with Crippen molar-refractivity contribution in [1.82, 2.24) is 24.8 Å². The van der Waals surface area contributed by atoms with Crippen LogP contribution in [0.1, 0.15) is 30.5 Å². The van der Waals surface area contributed by atoms with Gasteiger partial charge in [0.1, 0.15) is 5.65 Å². The second kappa shape index (κ2) is 11.3. The van der Waals surface area contributed by atoms with Gasteiger partial charge in [-0.15, -0.1) is 0 Å².